The number of nitrogens with two attached hydrogens (primary N) is 1. The summed E-state index contributed by atoms with van der Waals surface area (Å²) in [6.45, 7) is 3.02. The highest BCUT2D eigenvalue weighted by atomic mass is 32.1. The third-order valence-corrected chi connectivity index (χ3v) is 8.09. The maximum Gasteiger partial charge on any atom is 0.264 e. The summed E-state index contributed by atoms with van der Waals surface area (Å²) >= 11 is 1.39. The number of hydrogen-bond donors (Lipinski definition) is 2. The number of aryl methyl sites for hydroxylation is 1. The topological polar surface area (TPSA) is 105 Å². The van der Waals surface area contributed by atoms with Gasteiger partial charge in [0.25, 0.3) is 11.8 Å². The van der Waals surface area contributed by atoms with Crippen molar-refractivity contribution in [1.82, 2.24) is 15.1 Å². The van der Waals surface area contributed by atoms with Crippen LogP contribution in [-0.2, 0) is 9.53 Å². The summed E-state index contributed by atoms with van der Waals surface area (Å²) in [5.74, 6) is -0.454. The molecule has 4 rings (SSSR count). The van der Waals surface area contributed by atoms with Crippen LogP contribution in [0.15, 0.2) is 41.8 Å². The standard InChI is InChI=1S/C27H36N4O4S/c1-18-5-7-19(8-6-18)26(33)31-17-22(30(13-14-35-2)27(34)24-4-3-15-36-24)16-23(31)25(32)29-21-11-9-20(28)10-12-21/h3-8,15,20-23H,9-14,16-17,28H2,1-2H3,(H,29,32). The molecule has 3 N–H and O–H groups in total. The molecule has 1 aliphatic carbocycles. The summed E-state index contributed by atoms with van der Waals surface area (Å²) in [6.07, 6.45) is 3.82. The van der Waals surface area contributed by atoms with Crippen LogP contribution in [0.2, 0.25) is 0 Å². The summed E-state index contributed by atoms with van der Waals surface area (Å²) in [4.78, 5) is 44.5. The van der Waals surface area contributed by atoms with Crippen molar-refractivity contribution in [3.8, 4) is 0 Å². The minimum atomic E-state index is -0.652. The van der Waals surface area contributed by atoms with Gasteiger partial charge in [-0.1, -0.05) is 23.8 Å². The molecule has 2 aromatic rings. The molecule has 1 aromatic heterocycles. The highest BCUT2D eigenvalue weighted by molar-refractivity contribution is 7.12. The van der Waals surface area contributed by atoms with Gasteiger partial charge in [0.15, 0.2) is 0 Å². The maximum atomic E-state index is 13.6. The molecule has 0 radical (unpaired) electrons. The Hall–Kier alpha value is -2.75. The molecule has 194 valence electrons. The predicted molar refractivity (Wildman–Crippen MR) is 140 cm³/mol. The van der Waals surface area contributed by atoms with Gasteiger partial charge in [0.05, 0.1) is 17.5 Å². The molecule has 1 aliphatic heterocycles. The maximum absolute atomic E-state index is 13.6. The number of hydrogen-bond acceptors (Lipinski definition) is 6. The van der Waals surface area contributed by atoms with Crippen LogP contribution >= 0.6 is 11.3 Å². The Kier molecular flexibility index (Phi) is 8.77. The smallest absolute Gasteiger partial charge is 0.264 e. The van der Waals surface area contributed by atoms with Crippen LogP contribution in [0.5, 0.6) is 0 Å². The van der Waals surface area contributed by atoms with Gasteiger partial charge in [0.1, 0.15) is 6.04 Å². The molecule has 9 heteroatoms. The van der Waals surface area contributed by atoms with Crippen LogP contribution < -0.4 is 11.1 Å². The second-order valence-corrected chi connectivity index (χ2v) is 10.8. The van der Waals surface area contributed by atoms with E-state index in [1.165, 1.54) is 11.3 Å². The minimum absolute atomic E-state index is 0.0602. The number of carbonyl (C=O) groups is 3. The molecule has 2 unspecified atom stereocenters. The quantitative estimate of drug-likeness (QED) is 0.566. The molecule has 36 heavy (non-hydrogen) atoms. The number of nitrogens with zero attached hydrogens (tertiary/aromatic N) is 2. The van der Waals surface area contributed by atoms with Gasteiger partial charge in [-0.25, -0.2) is 0 Å². The Bertz CT molecular complexity index is 1030. The van der Waals surface area contributed by atoms with Gasteiger partial charge in [0.2, 0.25) is 5.91 Å². The number of carbonyl (C=O) groups excluding carboxylic acids is 3. The predicted octanol–water partition coefficient (Wildman–Crippen LogP) is 2.81. The fourth-order valence-electron chi connectivity index (χ4n) is 5.12. The summed E-state index contributed by atoms with van der Waals surface area (Å²) in [6, 6.07) is 10.3. The number of ether oxygens (including phenoxy) is 1. The Morgan fingerprint density at radius 1 is 1.14 bits per heavy atom. The van der Waals surface area contributed by atoms with E-state index in [0.717, 1.165) is 31.2 Å². The zero-order valence-electron chi connectivity index (χ0n) is 21.0. The Morgan fingerprint density at radius 3 is 2.50 bits per heavy atom. The van der Waals surface area contributed by atoms with Gasteiger partial charge >= 0.3 is 0 Å². The summed E-state index contributed by atoms with van der Waals surface area (Å²) in [7, 11) is 1.60. The van der Waals surface area contributed by atoms with E-state index in [9.17, 15) is 14.4 Å². The molecule has 1 saturated heterocycles. The van der Waals surface area contributed by atoms with Crippen LogP contribution in [0.1, 0.15) is 57.7 Å². The van der Waals surface area contributed by atoms with Crippen molar-refractivity contribution >= 4 is 29.1 Å². The van der Waals surface area contributed by atoms with Crippen molar-refractivity contribution in [2.24, 2.45) is 5.73 Å². The fourth-order valence-corrected chi connectivity index (χ4v) is 5.80. The van der Waals surface area contributed by atoms with Crippen LogP contribution in [0.4, 0.5) is 0 Å². The van der Waals surface area contributed by atoms with Gasteiger partial charge in [0, 0.05) is 37.8 Å². The SMILES string of the molecule is COCCN(C(=O)c1cccs1)C1CC(C(=O)NC2CCC(N)CC2)N(C(=O)c2ccc(C)cc2)C1. The second kappa shape index (κ2) is 12.0. The van der Waals surface area contributed by atoms with Gasteiger partial charge in [-0.2, -0.15) is 0 Å². The zero-order chi connectivity index (χ0) is 25.7. The number of rotatable bonds is 8. The highest BCUT2D eigenvalue weighted by Gasteiger charge is 2.44. The molecule has 1 saturated carbocycles. The van der Waals surface area contributed by atoms with Gasteiger partial charge < -0.3 is 25.6 Å². The molecule has 2 heterocycles. The van der Waals surface area contributed by atoms with Crippen LogP contribution in [-0.4, -0.2) is 78.5 Å². The van der Waals surface area contributed by atoms with E-state index >= 15 is 0 Å². The van der Waals surface area contributed by atoms with E-state index in [-0.39, 0.29) is 35.8 Å². The van der Waals surface area contributed by atoms with Crippen LogP contribution in [0.25, 0.3) is 0 Å². The number of methoxy groups -OCH3 is 1. The fraction of sp³-hybridized carbons (Fsp3) is 0.519. The number of thiophene rings is 1. The lowest BCUT2D eigenvalue weighted by atomic mass is 9.91. The summed E-state index contributed by atoms with van der Waals surface area (Å²) in [5.41, 5.74) is 7.63. The number of likely N-dealkylation sites (tertiary alicyclic amines) is 1. The van der Waals surface area contributed by atoms with Crippen molar-refractivity contribution in [2.45, 2.75) is 63.2 Å². The molecule has 0 spiro atoms. The monoisotopic (exact) mass is 512 g/mol. The Labute approximate surface area is 216 Å². The van der Waals surface area contributed by atoms with Crippen molar-refractivity contribution < 1.29 is 19.1 Å². The number of benzene rings is 1. The molecule has 2 aliphatic rings. The lowest BCUT2D eigenvalue weighted by Crippen LogP contribution is -2.50. The zero-order valence-corrected chi connectivity index (χ0v) is 21.8. The highest BCUT2D eigenvalue weighted by Crippen LogP contribution is 2.28. The van der Waals surface area contributed by atoms with Gasteiger partial charge in [-0.3, -0.25) is 14.4 Å². The average molecular weight is 513 g/mol. The van der Waals surface area contributed by atoms with E-state index in [2.05, 4.69) is 5.32 Å². The van der Waals surface area contributed by atoms with Crippen LogP contribution in [0, 0.1) is 6.92 Å². The number of nitrogens with one attached hydrogen (secondary N) is 1. The molecular formula is C27H36N4O4S. The van der Waals surface area contributed by atoms with E-state index in [1.807, 2.05) is 30.5 Å². The van der Waals surface area contributed by atoms with Gasteiger partial charge in [-0.15, -0.1) is 11.3 Å². The summed E-state index contributed by atoms with van der Waals surface area (Å²) < 4.78 is 5.28. The second-order valence-electron chi connectivity index (χ2n) is 9.82. The largest absolute Gasteiger partial charge is 0.383 e. The van der Waals surface area contributed by atoms with E-state index < -0.39 is 6.04 Å². The number of amides is 3. The third kappa shape index (κ3) is 6.14. The van der Waals surface area contributed by atoms with Gasteiger partial charge in [-0.05, 0) is 62.6 Å². The van der Waals surface area contributed by atoms with E-state index in [1.54, 1.807) is 35.1 Å². The first-order valence-corrected chi connectivity index (χ1v) is 13.5. The third-order valence-electron chi connectivity index (χ3n) is 7.23. The van der Waals surface area contributed by atoms with Crippen molar-refractivity contribution in [2.75, 3.05) is 26.8 Å². The normalized spacial score (nSPS) is 23.9. The first-order valence-electron chi connectivity index (χ1n) is 12.6. The average Bonchev–Trinajstić information content (AvgIpc) is 3.57. The molecule has 0 bridgehead atoms. The van der Waals surface area contributed by atoms with Crippen molar-refractivity contribution in [3.05, 3.63) is 57.8 Å². The van der Waals surface area contributed by atoms with Crippen molar-refractivity contribution in [1.29, 1.82) is 0 Å². The summed E-state index contributed by atoms with van der Waals surface area (Å²) in [5, 5.41) is 5.04. The van der Waals surface area contributed by atoms with Crippen LogP contribution in [0.3, 0.4) is 0 Å². The van der Waals surface area contributed by atoms with E-state index in [0.29, 0.717) is 36.6 Å². The van der Waals surface area contributed by atoms with E-state index in [4.69, 9.17) is 10.5 Å². The Balaban J connectivity index is 1.57. The molecule has 8 nitrogen and oxygen atoms in total. The molecule has 3 amide bonds. The Morgan fingerprint density at radius 2 is 1.86 bits per heavy atom. The lowest BCUT2D eigenvalue weighted by molar-refractivity contribution is -0.125. The molecule has 2 fully saturated rings. The first kappa shape index (κ1) is 26.3. The molecule has 1 aromatic carbocycles. The first-order chi connectivity index (χ1) is 17.4. The minimum Gasteiger partial charge on any atom is -0.383 e. The lowest BCUT2D eigenvalue weighted by Gasteiger charge is -2.30. The van der Waals surface area contributed by atoms with Crippen molar-refractivity contribution in [3.63, 3.8) is 0 Å². The molecule has 2 atom stereocenters. The molecular weight excluding hydrogens is 476 g/mol.